The summed E-state index contributed by atoms with van der Waals surface area (Å²) in [6.07, 6.45) is -1.00. The summed E-state index contributed by atoms with van der Waals surface area (Å²) in [4.78, 5) is 23.5. The van der Waals surface area contributed by atoms with E-state index in [0.29, 0.717) is 18.5 Å². The average molecular weight is 372 g/mol. The van der Waals surface area contributed by atoms with Crippen molar-refractivity contribution in [3.63, 3.8) is 0 Å². The lowest BCUT2D eigenvalue weighted by atomic mass is 10.1. The highest BCUT2D eigenvalue weighted by atomic mass is 19.4. The Morgan fingerprint density at radius 2 is 1.88 bits per heavy atom. The lowest BCUT2D eigenvalue weighted by molar-refractivity contribution is -0.176. The van der Waals surface area contributed by atoms with E-state index in [1.807, 2.05) is 0 Å². The molecule has 2 rings (SSSR count). The summed E-state index contributed by atoms with van der Waals surface area (Å²) >= 11 is 0. The first-order chi connectivity index (χ1) is 12.3. The average Bonchev–Trinajstić information content (AvgIpc) is 2.77. The first kappa shape index (κ1) is 20.2. The normalized spacial score (nSPS) is 18.1. The van der Waals surface area contributed by atoms with Gasteiger partial charge in [-0.2, -0.15) is 13.2 Å². The maximum atomic E-state index is 12.0. The van der Waals surface area contributed by atoms with Crippen LogP contribution in [0.2, 0.25) is 0 Å². The molecule has 0 aromatic heterocycles. The molecule has 0 spiro atoms. The van der Waals surface area contributed by atoms with E-state index in [0.717, 1.165) is 24.8 Å². The Bertz CT molecular complexity index is 603. The van der Waals surface area contributed by atoms with Crippen molar-refractivity contribution in [2.75, 3.05) is 6.61 Å². The van der Waals surface area contributed by atoms with Gasteiger partial charge in [0.25, 0.3) is 0 Å². The molecule has 144 valence electrons. The fourth-order valence-electron chi connectivity index (χ4n) is 2.74. The highest BCUT2D eigenvalue weighted by molar-refractivity contribution is 5.79. The molecular formula is C18H23F3N2O3. The quantitative estimate of drug-likeness (QED) is 0.773. The molecule has 1 aliphatic rings. The van der Waals surface area contributed by atoms with E-state index in [2.05, 4.69) is 15.4 Å². The number of carbonyl (C=O) groups is 2. The molecule has 26 heavy (non-hydrogen) atoms. The number of amides is 2. The molecule has 0 saturated carbocycles. The second kappa shape index (κ2) is 9.56. The number of ether oxygens (including phenoxy) is 1. The minimum atomic E-state index is -4.33. The molecule has 0 aliphatic carbocycles. The van der Waals surface area contributed by atoms with Crippen molar-refractivity contribution >= 4 is 11.8 Å². The van der Waals surface area contributed by atoms with Crippen LogP contribution in [0.5, 0.6) is 0 Å². The highest BCUT2D eigenvalue weighted by Gasteiger charge is 2.27. The Labute approximate surface area is 150 Å². The predicted molar refractivity (Wildman–Crippen MR) is 89.0 cm³/mol. The van der Waals surface area contributed by atoms with E-state index >= 15 is 0 Å². The van der Waals surface area contributed by atoms with Crippen LogP contribution in [-0.4, -0.2) is 30.6 Å². The SMILES string of the molecule is O=C(C[C@@H]1CCCCC(=O)N1)NCc1ccc(COCC(F)(F)F)cc1. The molecule has 8 heteroatoms. The van der Waals surface area contributed by atoms with Crippen LogP contribution in [0.1, 0.15) is 43.2 Å². The van der Waals surface area contributed by atoms with Gasteiger partial charge in [-0.1, -0.05) is 30.7 Å². The molecule has 1 aromatic rings. The Morgan fingerprint density at radius 3 is 2.58 bits per heavy atom. The molecule has 0 bridgehead atoms. The summed E-state index contributed by atoms with van der Waals surface area (Å²) in [6.45, 7) is -1.07. The van der Waals surface area contributed by atoms with E-state index in [9.17, 15) is 22.8 Å². The number of carbonyl (C=O) groups excluding carboxylic acids is 2. The van der Waals surface area contributed by atoms with Crippen LogP contribution in [0.3, 0.4) is 0 Å². The van der Waals surface area contributed by atoms with E-state index in [-0.39, 0.29) is 30.9 Å². The largest absolute Gasteiger partial charge is 0.411 e. The Hall–Kier alpha value is -2.09. The molecule has 5 nitrogen and oxygen atoms in total. The van der Waals surface area contributed by atoms with Gasteiger partial charge in [0.2, 0.25) is 11.8 Å². The lowest BCUT2D eigenvalue weighted by Gasteiger charge is -2.15. The van der Waals surface area contributed by atoms with Crippen molar-refractivity contribution < 1.29 is 27.5 Å². The number of hydrogen-bond acceptors (Lipinski definition) is 3. The third-order valence-electron chi connectivity index (χ3n) is 4.05. The monoisotopic (exact) mass is 372 g/mol. The van der Waals surface area contributed by atoms with E-state index in [1.54, 1.807) is 24.3 Å². The zero-order valence-electron chi connectivity index (χ0n) is 14.4. The van der Waals surface area contributed by atoms with Gasteiger partial charge in [0.15, 0.2) is 0 Å². The fraction of sp³-hybridized carbons (Fsp3) is 0.556. The topological polar surface area (TPSA) is 67.4 Å². The third-order valence-corrected chi connectivity index (χ3v) is 4.05. The van der Waals surface area contributed by atoms with Crippen molar-refractivity contribution in [3.05, 3.63) is 35.4 Å². The van der Waals surface area contributed by atoms with Gasteiger partial charge in [0.05, 0.1) is 6.61 Å². The third kappa shape index (κ3) is 7.86. The van der Waals surface area contributed by atoms with Gasteiger partial charge in [-0.3, -0.25) is 9.59 Å². The Morgan fingerprint density at radius 1 is 1.19 bits per heavy atom. The molecule has 1 aliphatic heterocycles. The number of halogens is 3. The molecule has 0 unspecified atom stereocenters. The molecule has 1 atom stereocenters. The zero-order chi connectivity index (χ0) is 19.0. The highest BCUT2D eigenvalue weighted by Crippen LogP contribution is 2.16. The summed E-state index contributed by atoms with van der Waals surface area (Å²) in [5.74, 6) is -0.154. The van der Waals surface area contributed by atoms with Gasteiger partial charge in [-0.05, 0) is 24.0 Å². The lowest BCUT2D eigenvalue weighted by Crippen LogP contribution is -2.37. The van der Waals surface area contributed by atoms with E-state index < -0.39 is 12.8 Å². The zero-order valence-corrected chi connectivity index (χ0v) is 14.4. The van der Waals surface area contributed by atoms with Gasteiger partial charge in [-0.15, -0.1) is 0 Å². The van der Waals surface area contributed by atoms with E-state index in [4.69, 9.17) is 0 Å². The summed E-state index contributed by atoms with van der Waals surface area (Å²) < 4.78 is 40.7. The second-order valence-corrected chi connectivity index (χ2v) is 6.42. The number of hydrogen-bond donors (Lipinski definition) is 2. The van der Waals surface area contributed by atoms with Crippen molar-refractivity contribution in [2.24, 2.45) is 0 Å². The fourth-order valence-corrected chi connectivity index (χ4v) is 2.74. The number of nitrogens with one attached hydrogen (secondary N) is 2. The molecule has 1 saturated heterocycles. The van der Waals surface area contributed by atoms with Crippen molar-refractivity contribution in [1.82, 2.24) is 10.6 Å². The van der Waals surface area contributed by atoms with Crippen molar-refractivity contribution in [1.29, 1.82) is 0 Å². The van der Waals surface area contributed by atoms with Gasteiger partial charge >= 0.3 is 6.18 Å². The summed E-state index contributed by atoms with van der Waals surface area (Å²) in [6, 6.07) is 6.69. The minimum Gasteiger partial charge on any atom is -0.367 e. The predicted octanol–water partition coefficient (Wildman–Crippen LogP) is 2.83. The van der Waals surface area contributed by atoms with Crippen molar-refractivity contribution in [3.8, 4) is 0 Å². The van der Waals surface area contributed by atoms with Crippen LogP contribution in [0.25, 0.3) is 0 Å². The first-order valence-electron chi connectivity index (χ1n) is 8.60. The minimum absolute atomic E-state index is 0.0105. The Balaban J connectivity index is 1.71. The Kier molecular flexibility index (Phi) is 7.44. The van der Waals surface area contributed by atoms with Gasteiger partial charge in [0.1, 0.15) is 6.61 Å². The van der Waals surface area contributed by atoms with Gasteiger partial charge in [-0.25, -0.2) is 0 Å². The van der Waals surface area contributed by atoms with Crippen molar-refractivity contribution in [2.45, 2.75) is 57.5 Å². The number of alkyl halides is 3. The summed E-state index contributed by atoms with van der Waals surface area (Å²) in [7, 11) is 0. The van der Waals surface area contributed by atoms with Crippen LogP contribution < -0.4 is 10.6 Å². The second-order valence-electron chi connectivity index (χ2n) is 6.42. The molecule has 2 amide bonds. The van der Waals surface area contributed by atoms with Crippen LogP contribution in [0.4, 0.5) is 13.2 Å². The standard InChI is InChI=1S/C18H23F3N2O3/c19-18(20,21)12-26-11-14-7-5-13(6-8-14)10-22-17(25)9-15-3-1-2-4-16(24)23-15/h5-8,15H,1-4,9-12H2,(H,22,25)(H,23,24)/t15-/m0/s1. The molecule has 2 N–H and O–H groups in total. The van der Waals surface area contributed by atoms with Crippen LogP contribution in [0.15, 0.2) is 24.3 Å². The molecule has 0 radical (unpaired) electrons. The van der Waals surface area contributed by atoms with E-state index in [1.165, 1.54) is 0 Å². The first-order valence-corrected chi connectivity index (χ1v) is 8.60. The summed E-state index contributed by atoms with van der Waals surface area (Å²) in [5.41, 5.74) is 1.47. The summed E-state index contributed by atoms with van der Waals surface area (Å²) in [5, 5.41) is 5.65. The molecule has 1 fully saturated rings. The number of benzene rings is 1. The maximum Gasteiger partial charge on any atom is 0.411 e. The van der Waals surface area contributed by atoms with Gasteiger partial charge in [0, 0.05) is 25.4 Å². The molecule has 1 heterocycles. The molecular weight excluding hydrogens is 349 g/mol. The number of rotatable bonds is 7. The van der Waals surface area contributed by atoms with Gasteiger partial charge < -0.3 is 15.4 Å². The molecule has 1 aromatic carbocycles. The smallest absolute Gasteiger partial charge is 0.367 e. The van der Waals surface area contributed by atoms with Crippen LogP contribution in [-0.2, 0) is 27.5 Å². The van der Waals surface area contributed by atoms with Crippen LogP contribution >= 0.6 is 0 Å². The maximum absolute atomic E-state index is 12.0. The van der Waals surface area contributed by atoms with Crippen LogP contribution in [0, 0.1) is 0 Å².